The molecule has 1 aliphatic heterocycles. The highest BCUT2D eigenvalue weighted by molar-refractivity contribution is 5.94. The molecule has 1 aliphatic rings. The van der Waals surface area contributed by atoms with Crippen LogP contribution in [0.1, 0.15) is 22.3 Å². The number of hydrogen-bond acceptors (Lipinski definition) is 4. The third-order valence-corrected chi connectivity index (χ3v) is 3.88. The number of nitrogens with one attached hydrogen (secondary N) is 1. The SMILES string of the molecule is CN1CCN(Cc2ccc(C(=O)NCCCN)cc2)CC1. The maximum absolute atomic E-state index is 11.9. The Morgan fingerprint density at radius 2 is 1.86 bits per heavy atom. The number of carbonyl (C=O) groups excluding carboxylic acids is 1. The standard InChI is InChI=1S/C16H26N4O/c1-19-9-11-20(12-10-19)13-14-3-5-15(6-4-14)16(21)18-8-2-7-17/h3-6H,2,7-13,17H2,1H3,(H,18,21). The van der Waals surface area contributed by atoms with Gasteiger partial charge in [-0.05, 0) is 37.7 Å². The number of benzene rings is 1. The van der Waals surface area contributed by atoms with Crippen LogP contribution >= 0.6 is 0 Å². The normalized spacial score (nSPS) is 16.9. The first-order valence-electron chi connectivity index (χ1n) is 7.67. The molecule has 2 rings (SSSR count). The van der Waals surface area contributed by atoms with Gasteiger partial charge in [-0.2, -0.15) is 0 Å². The second-order valence-electron chi connectivity index (χ2n) is 5.67. The summed E-state index contributed by atoms with van der Waals surface area (Å²) in [4.78, 5) is 16.7. The predicted octanol–water partition coefficient (Wildman–Crippen LogP) is 0.513. The summed E-state index contributed by atoms with van der Waals surface area (Å²) in [7, 11) is 2.16. The van der Waals surface area contributed by atoms with Crippen LogP contribution in [0.4, 0.5) is 0 Å². The van der Waals surface area contributed by atoms with Gasteiger partial charge < -0.3 is 16.0 Å². The molecule has 0 bridgehead atoms. The van der Waals surface area contributed by atoms with E-state index in [4.69, 9.17) is 5.73 Å². The molecule has 1 saturated heterocycles. The van der Waals surface area contributed by atoms with Gasteiger partial charge in [-0.3, -0.25) is 9.69 Å². The summed E-state index contributed by atoms with van der Waals surface area (Å²) in [6.45, 7) is 6.67. The van der Waals surface area contributed by atoms with Crippen LogP contribution in [-0.4, -0.2) is 62.0 Å². The average Bonchev–Trinajstić information content (AvgIpc) is 2.50. The molecule has 0 radical (unpaired) electrons. The molecule has 1 aromatic rings. The fraction of sp³-hybridized carbons (Fsp3) is 0.562. The molecule has 0 unspecified atom stereocenters. The van der Waals surface area contributed by atoms with Gasteiger partial charge in [-0.25, -0.2) is 0 Å². The van der Waals surface area contributed by atoms with Crippen LogP contribution in [0.25, 0.3) is 0 Å². The lowest BCUT2D eigenvalue weighted by Gasteiger charge is -2.32. The van der Waals surface area contributed by atoms with Crippen LogP contribution in [-0.2, 0) is 6.54 Å². The Balaban J connectivity index is 1.82. The van der Waals surface area contributed by atoms with Gasteiger partial charge in [0.1, 0.15) is 0 Å². The fourth-order valence-electron chi connectivity index (χ4n) is 2.43. The Morgan fingerprint density at radius 1 is 1.19 bits per heavy atom. The van der Waals surface area contributed by atoms with Crippen LogP contribution in [0.3, 0.4) is 0 Å². The molecule has 1 aromatic carbocycles. The third-order valence-electron chi connectivity index (χ3n) is 3.88. The number of rotatable bonds is 6. The topological polar surface area (TPSA) is 61.6 Å². The highest BCUT2D eigenvalue weighted by atomic mass is 16.1. The van der Waals surface area contributed by atoms with Crippen molar-refractivity contribution in [3.63, 3.8) is 0 Å². The second kappa shape index (κ2) is 8.12. The molecule has 0 saturated carbocycles. The zero-order valence-corrected chi connectivity index (χ0v) is 12.8. The Bertz CT molecular complexity index is 438. The molecule has 0 aliphatic carbocycles. The van der Waals surface area contributed by atoms with Gasteiger partial charge in [0.05, 0.1) is 0 Å². The van der Waals surface area contributed by atoms with Gasteiger partial charge in [0.25, 0.3) is 5.91 Å². The van der Waals surface area contributed by atoms with Gasteiger partial charge in [-0.1, -0.05) is 12.1 Å². The molecule has 1 amide bonds. The molecule has 5 heteroatoms. The van der Waals surface area contributed by atoms with Crippen LogP contribution in [0.2, 0.25) is 0 Å². The van der Waals surface area contributed by atoms with E-state index in [1.54, 1.807) is 0 Å². The number of amides is 1. The molecular weight excluding hydrogens is 264 g/mol. The van der Waals surface area contributed by atoms with E-state index in [-0.39, 0.29) is 5.91 Å². The molecule has 21 heavy (non-hydrogen) atoms. The summed E-state index contributed by atoms with van der Waals surface area (Å²) in [6, 6.07) is 7.92. The predicted molar refractivity (Wildman–Crippen MR) is 85.2 cm³/mol. The maximum Gasteiger partial charge on any atom is 0.251 e. The second-order valence-corrected chi connectivity index (χ2v) is 5.67. The van der Waals surface area contributed by atoms with Gasteiger partial charge in [-0.15, -0.1) is 0 Å². The van der Waals surface area contributed by atoms with E-state index in [9.17, 15) is 4.79 Å². The summed E-state index contributed by atoms with van der Waals surface area (Å²) >= 11 is 0. The fourth-order valence-corrected chi connectivity index (χ4v) is 2.43. The minimum atomic E-state index is -0.0189. The van der Waals surface area contributed by atoms with Gasteiger partial charge in [0.15, 0.2) is 0 Å². The zero-order chi connectivity index (χ0) is 15.1. The molecule has 116 valence electrons. The van der Waals surface area contributed by atoms with Crippen LogP contribution in [0.15, 0.2) is 24.3 Å². The number of carbonyl (C=O) groups is 1. The number of likely N-dealkylation sites (N-methyl/N-ethyl adjacent to an activating group) is 1. The number of nitrogens with zero attached hydrogens (tertiary/aromatic N) is 2. The van der Waals surface area contributed by atoms with E-state index in [2.05, 4.69) is 34.3 Å². The number of nitrogens with two attached hydrogens (primary N) is 1. The highest BCUT2D eigenvalue weighted by Crippen LogP contribution is 2.09. The Morgan fingerprint density at radius 3 is 2.48 bits per heavy atom. The highest BCUT2D eigenvalue weighted by Gasteiger charge is 2.14. The van der Waals surface area contributed by atoms with E-state index in [0.717, 1.165) is 39.1 Å². The van der Waals surface area contributed by atoms with Crippen LogP contribution < -0.4 is 11.1 Å². The van der Waals surface area contributed by atoms with Crippen molar-refractivity contribution in [2.24, 2.45) is 5.73 Å². The van der Waals surface area contributed by atoms with E-state index < -0.39 is 0 Å². The first-order valence-corrected chi connectivity index (χ1v) is 7.67. The molecule has 3 N–H and O–H groups in total. The summed E-state index contributed by atoms with van der Waals surface area (Å²) < 4.78 is 0. The molecule has 1 fully saturated rings. The van der Waals surface area contributed by atoms with E-state index >= 15 is 0 Å². The van der Waals surface area contributed by atoms with E-state index in [0.29, 0.717) is 18.7 Å². The van der Waals surface area contributed by atoms with Gasteiger partial charge in [0, 0.05) is 44.8 Å². The Labute approximate surface area is 127 Å². The molecule has 0 atom stereocenters. The molecular formula is C16H26N4O. The summed E-state index contributed by atoms with van der Waals surface area (Å²) in [6.07, 6.45) is 0.813. The van der Waals surface area contributed by atoms with Crippen molar-refractivity contribution in [1.82, 2.24) is 15.1 Å². The summed E-state index contributed by atoms with van der Waals surface area (Å²) in [5.74, 6) is -0.0189. The maximum atomic E-state index is 11.9. The van der Waals surface area contributed by atoms with Crippen molar-refractivity contribution in [3.8, 4) is 0 Å². The van der Waals surface area contributed by atoms with Crippen LogP contribution in [0.5, 0.6) is 0 Å². The first kappa shape index (κ1) is 15.9. The number of hydrogen-bond donors (Lipinski definition) is 2. The number of piperazine rings is 1. The van der Waals surface area contributed by atoms with E-state index in [1.807, 2.05) is 12.1 Å². The molecule has 1 heterocycles. The van der Waals surface area contributed by atoms with Crippen molar-refractivity contribution < 1.29 is 4.79 Å². The molecule has 0 aromatic heterocycles. The van der Waals surface area contributed by atoms with Crippen molar-refractivity contribution >= 4 is 5.91 Å². The third kappa shape index (κ3) is 5.12. The summed E-state index contributed by atoms with van der Waals surface area (Å²) in [5.41, 5.74) is 7.39. The lowest BCUT2D eigenvalue weighted by Crippen LogP contribution is -2.43. The van der Waals surface area contributed by atoms with Gasteiger partial charge >= 0.3 is 0 Å². The lowest BCUT2D eigenvalue weighted by molar-refractivity contribution is 0.0953. The largest absolute Gasteiger partial charge is 0.352 e. The summed E-state index contributed by atoms with van der Waals surface area (Å²) in [5, 5.41) is 2.87. The van der Waals surface area contributed by atoms with Gasteiger partial charge in [0.2, 0.25) is 0 Å². The molecule has 0 spiro atoms. The lowest BCUT2D eigenvalue weighted by atomic mass is 10.1. The monoisotopic (exact) mass is 290 g/mol. The minimum absolute atomic E-state index is 0.0189. The van der Waals surface area contributed by atoms with Crippen molar-refractivity contribution in [1.29, 1.82) is 0 Å². The minimum Gasteiger partial charge on any atom is -0.352 e. The van der Waals surface area contributed by atoms with Crippen molar-refractivity contribution in [3.05, 3.63) is 35.4 Å². The Hall–Kier alpha value is -1.43. The zero-order valence-electron chi connectivity index (χ0n) is 12.8. The quantitative estimate of drug-likeness (QED) is 0.750. The van der Waals surface area contributed by atoms with E-state index in [1.165, 1.54) is 5.56 Å². The first-order chi connectivity index (χ1) is 10.2. The smallest absolute Gasteiger partial charge is 0.251 e. The van der Waals surface area contributed by atoms with Crippen LogP contribution in [0, 0.1) is 0 Å². The Kier molecular flexibility index (Phi) is 6.17. The van der Waals surface area contributed by atoms with Crippen molar-refractivity contribution in [2.45, 2.75) is 13.0 Å². The van der Waals surface area contributed by atoms with Crippen molar-refractivity contribution in [2.75, 3.05) is 46.3 Å². The average molecular weight is 290 g/mol. The molecule has 5 nitrogen and oxygen atoms in total.